The third kappa shape index (κ3) is 1.53. The van der Waals surface area contributed by atoms with Crippen LogP contribution in [0.3, 0.4) is 0 Å². The Bertz CT molecular complexity index is 286. The lowest BCUT2D eigenvalue weighted by molar-refractivity contribution is 0.0959. The van der Waals surface area contributed by atoms with Gasteiger partial charge >= 0.3 is 0 Å². The first-order valence-electron chi connectivity index (χ1n) is 3.50. The van der Waals surface area contributed by atoms with Gasteiger partial charge in [0.25, 0.3) is 5.91 Å². The molecule has 0 bridgehead atoms. The molecule has 0 saturated carbocycles. The first-order chi connectivity index (χ1) is 5.79. The minimum atomic E-state index is -0.194. The maximum Gasteiger partial charge on any atom is 0.256 e. The van der Waals surface area contributed by atoms with E-state index in [1.807, 2.05) is 0 Å². The molecule has 4 nitrogen and oxygen atoms in total. The van der Waals surface area contributed by atoms with Crippen LogP contribution in [-0.4, -0.2) is 25.0 Å². The lowest BCUT2D eigenvalue weighted by Gasteiger charge is -2.03. The van der Waals surface area contributed by atoms with Gasteiger partial charge in [0.2, 0.25) is 5.88 Å². The zero-order valence-electron chi connectivity index (χ0n) is 7.00. The fraction of sp³-hybridized carbons (Fsp3) is 0.250. The van der Waals surface area contributed by atoms with Gasteiger partial charge in [0.15, 0.2) is 0 Å². The predicted molar refractivity (Wildman–Crippen MR) is 44.2 cm³/mol. The van der Waals surface area contributed by atoms with Crippen molar-refractivity contribution in [2.45, 2.75) is 0 Å². The number of aromatic nitrogens is 1. The first-order valence-corrected chi connectivity index (χ1v) is 3.50. The molecule has 0 spiro atoms. The Balaban J connectivity index is 3.04. The highest BCUT2D eigenvalue weighted by Gasteiger charge is 2.09. The smallest absolute Gasteiger partial charge is 0.256 e. The summed E-state index contributed by atoms with van der Waals surface area (Å²) in [6.07, 6.45) is 1.57. The van der Waals surface area contributed by atoms with Gasteiger partial charge in [-0.25, -0.2) is 4.98 Å². The van der Waals surface area contributed by atoms with E-state index in [1.54, 1.807) is 25.4 Å². The van der Waals surface area contributed by atoms with E-state index in [0.717, 1.165) is 0 Å². The molecule has 0 fully saturated rings. The Labute approximate surface area is 70.6 Å². The third-order valence-electron chi connectivity index (χ3n) is 1.44. The highest BCUT2D eigenvalue weighted by molar-refractivity contribution is 5.96. The molecule has 1 rings (SSSR count). The van der Waals surface area contributed by atoms with Crippen LogP contribution >= 0.6 is 0 Å². The van der Waals surface area contributed by atoms with Gasteiger partial charge in [-0.15, -0.1) is 0 Å². The molecule has 0 aromatic carbocycles. The van der Waals surface area contributed by atoms with Gasteiger partial charge in [0, 0.05) is 13.2 Å². The molecule has 0 aliphatic rings. The lowest BCUT2D eigenvalue weighted by atomic mass is 10.2. The average Bonchev–Trinajstić information content (AvgIpc) is 2.16. The van der Waals surface area contributed by atoms with Crippen LogP contribution in [0, 0.1) is 0 Å². The van der Waals surface area contributed by atoms with Crippen molar-refractivity contribution in [2.75, 3.05) is 14.2 Å². The molecule has 12 heavy (non-hydrogen) atoms. The summed E-state index contributed by atoms with van der Waals surface area (Å²) in [7, 11) is 3.05. The highest BCUT2D eigenvalue weighted by Crippen LogP contribution is 2.12. The second kappa shape index (κ2) is 3.71. The minimum Gasteiger partial charge on any atom is -0.480 e. The number of amides is 1. The Morgan fingerprint density at radius 2 is 2.42 bits per heavy atom. The normalized spacial score (nSPS) is 9.17. The Hall–Kier alpha value is -1.58. The molecule has 64 valence electrons. The lowest BCUT2D eigenvalue weighted by Crippen LogP contribution is -2.18. The summed E-state index contributed by atoms with van der Waals surface area (Å²) in [6, 6.07) is 3.34. The van der Waals surface area contributed by atoms with Crippen molar-refractivity contribution in [1.29, 1.82) is 0 Å². The molecule has 0 unspecified atom stereocenters. The standard InChI is InChI=1S/C8H10N2O2/c1-9-7(11)6-4-3-5-10-8(6)12-2/h3-5H,1-2H3,(H,9,11). The zero-order valence-corrected chi connectivity index (χ0v) is 7.00. The Morgan fingerprint density at radius 1 is 1.67 bits per heavy atom. The van der Waals surface area contributed by atoms with Gasteiger partial charge in [-0.05, 0) is 12.1 Å². The molecule has 1 heterocycles. The molecule has 0 aliphatic heterocycles. The molecule has 1 aromatic heterocycles. The topological polar surface area (TPSA) is 51.2 Å². The largest absolute Gasteiger partial charge is 0.480 e. The molecule has 4 heteroatoms. The van der Waals surface area contributed by atoms with Gasteiger partial charge in [0.05, 0.1) is 7.11 Å². The summed E-state index contributed by atoms with van der Waals surface area (Å²) in [4.78, 5) is 15.0. The fourth-order valence-electron chi connectivity index (χ4n) is 0.861. The van der Waals surface area contributed by atoms with E-state index in [4.69, 9.17) is 4.74 Å². The van der Waals surface area contributed by atoms with Crippen LogP contribution in [0.5, 0.6) is 5.88 Å². The minimum absolute atomic E-state index is 0.194. The van der Waals surface area contributed by atoms with Crippen LogP contribution in [0.15, 0.2) is 18.3 Å². The second-order valence-corrected chi connectivity index (χ2v) is 2.14. The van der Waals surface area contributed by atoms with Crippen molar-refractivity contribution in [3.63, 3.8) is 0 Å². The van der Waals surface area contributed by atoms with E-state index in [9.17, 15) is 4.79 Å². The summed E-state index contributed by atoms with van der Waals surface area (Å²) in [5.41, 5.74) is 0.447. The van der Waals surface area contributed by atoms with E-state index >= 15 is 0 Å². The molecule has 1 N–H and O–H groups in total. The predicted octanol–water partition coefficient (Wildman–Crippen LogP) is 0.450. The van der Waals surface area contributed by atoms with Crippen molar-refractivity contribution < 1.29 is 9.53 Å². The average molecular weight is 166 g/mol. The number of nitrogens with one attached hydrogen (secondary N) is 1. The quantitative estimate of drug-likeness (QED) is 0.694. The highest BCUT2D eigenvalue weighted by atomic mass is 16.5. The van der Waals surface area contributed by atoms with Gasteiger partial charge in [-0.1, -0.05) is 0 Å². The van der Waals surface area contributed by atoms with Gasteiger partial charge < -0.3 is 10.1 Å². The number of nitrogens with zero attached hydrogens (tertiary/aromatic N) is 1. The Kier molecular flexibility index (Phi) is 2.63. The molecule has 0 atom stereocenters. The zero-order chi connectivity index (χ0) is 8.97. The molecule has 0 radical (unpaired) electrons. The van der Waals surface area contributed by atoms with Crippen LogP contribution < -0.4 is 10.1 Å². The molecular weight excluding hydrogens is 156 g/mol. The van der Waals surface area contributed by atoms with Crippen LogP contribution in [-0.2, 0) is 0 Å². The summed E-state index contributed by atoms with van der Waals surface area (Å²) in [5, 5.41) is 2.50. The first kappa shape index (κ1) is 8.52. The van der Waals surface area contributed by atoms with E-state index in [1.165, 1.54) is 7.11 Å². The van der Waals surface area contributed by atoms with E-state index < -0.39 is 0 Å². The monoisotopic (exact) mass is 166 g/mol. The Morgan fingerprint density at radius 3 is 3.00 bits per heavy atom. The van der Waals surface area contributed by atoms with Crippen molar-refractivity contribution >= 4 is 5.91 Å². The van der Waals surface area contributed by atoms with E-state index in [0.29, 0.717) is 11.4 Å². The number of rotatable bonds is 2. The molecule has 0 aliphatic carbocycles. The summed E-state index contributed by atoms with van der Waals surface area (Å²) >= 11 is 0. The molecule has 1 amide bonds. The van der Waals surface area contributed by atoms with Crippen LogP contribution in [0.25, 0.3) is 0 Å². The van der Waals surface area contributed by atoms with E-state index in [-0.39, 0.29) is 5.91 Å². The summed E-state index contributed by atoms with van der Waals surface area (Å²) < 4.78 is 4.90. The SMILES string of the molecule is CNC(=O)c1cccnc1OC. The van der Waals surface area contributed by atoms with Crippen molar-refractivity contribution in [2.24, 2.45) is 0 Å². The maximum atomic E-state index is 11.2. The molecular formula is C8H10N2O2. The van der Waals surface area contributed by atoms with Crippen LogP contribution in [0.2, 0.25) is 0 Å². The summed E-state index contributed by atoms with van der Waals surface area (Å²) in [6.45, 7) is 0. The molecule has 1 aromatic rings. The van der Waals surface area contributed by atoms with Crippen LogP contribution in [0.4, 0.5) is 0 Å². The van der Waals surface area contributed by atoms with Crippen molar-refractivity contribution in [1.82, 2.24) is 10.3 Å². The summed E-state index contributed by atoms with van der Waals surface area (Å²) in [5.74, 6) is 0.150. The fourth-order valence-corrected chi connectivity index (χ4v) is 0.861. The van der Waals surface area contributed by atoms with Gasteiger partial charge in [-0.2, -0.15) is 0 Å². The van der Waals surface area contributed by atoms with Crippen LogP contribution in [0.1, 0.15) is 10.4 Å². The molecule has 0 saturated heterocycles. The number of pyridine rings is 1. The number of hydrogen-bond acceptors (Lipinski definition) is 3. The van der Waals surface area contributed by atoms with Gasteiger partial charge in [-0.3, -0.25) is 4.79 Å². The maximum absolute atomic E-state index is 11.2. The van der Waals surface area contributed by atoms with E-state index in [2.05, 4.69) is 10.3 Å². The second-order valence-electron chi connectivity index (χ2n) is 2.14. The number of carbonyl (C=O) groups is 1. The number of methoxy groups -OCH3 is 1. The van der Waals surface area contributed by atoms with Crippen molar-refractivity contribution in [3.8, 4) is 5.88 Å². The van der Waals surface area contributed by atoms with Crippen molar-refractivity contribution in [3.05, 3.63) is 23.9 Å². The number of carbonyl (C=O) groups excluding carboxylic acids is 1. The number of ether oxygens (including phenoxy) is 1. The number of hydrogen-bond donors (Lipinski definition) is 1. The van der Waals surface area contributed by atoms with Gasteiger partial charge in [0.1, 0.15) is 5.56 Å². The third-order valence-corrected chi connectivity index (χ3v) is 1.44.